The lowest BCUT2D eigenvalue weighted by molar-refractivity contribution is 0.591. The van der Waals surface area contributed by atoms with Gasteiger partial charge >= 0.3 is 0 Å². The van der Waals surface area contributed by atoms with Crippen LogP contribution in [0.15, 0.2) is 64.7 Å². The zero-order valence-corrected chi connectivity index (χ0v) is 11.7. The van der Waals surface area contributed by atoms with Gasteiger partial charge in [0.1, 0.15) is 5.65 Å². The molecule has 0 N–H and O–H groups in total. The molecule has 0 aliphatic rings. The number of pyridine rings is 2. The van der Waals surface area contributed by atoms with Crippen LogP contribution in [0, 0.1) is 0 Å². The second-order valence-corrected chi connectivity index (χ2v) is 6.38. The van der Waals surface area contributed by atoms with Gasteiger partial charge in [-0.15, -0.1) is 0 Å². The van der Waals surface area contributed by atoms with Crippen molar-refractivity contribution in [2.45, 2.75) is 10.8 Å². The second-order valence-electron chi connectivity index (χ2n) is 4.44. The van der Waals surface area contributed by atoms with E-state index < -0.39 is 9.84 Å². The van der Waals surface area contributed by atoms with Gasteiger partial charge in [-0.1, -0.05) is 12.1 Å². The highest BCUT2D eigenvalue weighted by atomic mass is 32.2. The van der Waals surface area contributed by atoms with Gasteiger partial charge in [-0.3, -0.25) is 9.20 Å². The van der Waals surface area contributed by atoms with Crippen molar-refractivity contribution in [2.75, 3.05) is 0 Å². The van der Waals surface area contributed by atoms with Crippen molar-refractivity contribution >= 4 is 15.5 Å². The molecule has 0 aliphatic heterocycles. The van der Waals surface area contributed by atoms with Crippen LogP contribution in [0.4, 0.5) is 0 Å². The Balaban J connectivity index is 2.05. The van der Waals surface area contributed by atoms with E-state index in [1.807, 2.05) is 0 Å². The fourth-order valence-corrected chi connectivity index (χ4v) is 3.17. The van der Waals surface area contributed by atoms with E-state index >= 15 is 0 Å². The Kier molecular flexibility index (Phi) is 3.26. The minimum Gasteiger partial charge on any atom is -0.269 e. The molecule has 7 heteroatoms. The van der Waals surface area contributed by atoms with Gasteiger partial charge in [0.05, 0.1) is 11.4 Å². The summed E-state index contributed by atoms with van der Waals surface area (Å²) >= 11 is 0. The first-order valence-electron chi connectivity index (χ1n) is 6.17. The number of sulfone groups is 1. The molecule has 0 bridgehead atoms. The van der Waals surface area contributed by atoms with Gasteiger partial charge in [-0.25, -0.2) is 18.4 Å². The molecular weight excluding hydrogens is 290 g/mol. The molecule has 6 nitrogen and oxygen atoms in total. The molecule has 3 rings (SSSR count). The van der Waals surface area contributed by atoms with Crippen LogP contribution in [0.5, 0.6) is 0 Å². The molecule has 3 heterocycles. The van der Waals surface area contributed by atoms with Crippen LogP contribution in [-0.4, -0.2) is 22.8 Å². The summed E-state index contributed by atoms with van der Waals surface area (Å²) in [4.78, 5) is 20.0. The summed E-state index contributed by atoms with van der Waals surface area (Å²) in [5.41, 5.74) is 0.305. The Hall–Kier alpha value is -2.54. The van der Waals surface area contributed by atoms with Crippen molar-refractivity contribution < 1.29 is 8.42 Å². The van der Waals surface area contributed by atoms with Crippen LogP contribution in [0.3, 0.4) is 0 Å². The predicted octanol–water partition coefficient (Wildman–Crippen LogP) is 1.06. The summed E-state index contributed by atoms with van der Waals surface area (Å²) in [5, 5.41) is -0.0277. The third-order valence-electron chi connectivity index (χ3n) is 2.92. The average Bonchev–Trinajstić information content (AvgIpc) is 2.48. The van der Waals surface area contributed by atoms with Crippen molar-refractivity contribution in [1.82, 2.24) is 14.4 Å². The molecule has 0 spiro atoms. The lowest BCUT2D eigenvalue weighted by Crippen LogP contribution is -2.17. The standard InChI is InChI=1S/C14H11N3O3S/c18-14-9-11(16-12-5-2-4-8-17(12)14)10-21(19,20)13-6-1-3-7-15-13/h1-9H,10H2. The van der Waals surface area contributed by atoms with E-state index in [4.69, 9.17) is 0 Å². The van der Waals surface area contributed by atoms with Crippen LogP contribution in [0.1, 0.15) is 5.69 Å². The highest BCUT2D eigenvalue weighted by Gasteiger charge is 2.18. The van der Waals surface area contributed by atoms with Gasteiger partial charge in [0.2, 0.25) is 9.84 Å². The van der Waals surface area contributed by atoms with Crippen molar-refractivity contribution in [2.24, 2.45) is 0 Å². The summed E-state index contributed by atoms with van der Waals surface area (Å²) < 4.78 is 25.8. The minimum absolute atomic E-state index is 0.0277. The summed E-state index contributed by atoms with van der Waals surface area (Å²) in [6.07, 6.45) is 3.00. The molecule has 0 radical (unpaired) electrons. The van der Waals surface area contributed by atoms with Crippen LogP contribution in [-0.2, 0) is 15.6 Å². The first kappa shape index (κ1) is 13.4. The first-order valence-corrected chi connectivity index (χ1v) is 7.83. The smallest absolute Gasteiger partial charge is 0.258 e. The van der Waals surface area contributed by atoms with Crippen LogP contribution >= 0.6 is 0 Å². The molecule has 0 aromatic carbocycles. The van der Waals surface area contributed by atoms with Crippen LogP contribution < -0.4 is 5.56 Å². The third kappa shape index (κ3) is 2.68. The van der Waals surface area contributed by atoms with Gasteiger partial charge in [-0.05, 0) is 24.3 Å². The molecule has 0 saturated heterocycles. The van der Waals surface area contributed by atoms with E-state index in [-0.39, 0.29) is 22.0 Å². The van der Waals surface area contributed by atoms with Gasteiger partial charge < -0.3 is 0 Å². The molecule has 0 amide bonds. The van der Waals surface area contributed by atoms with E-state index in [9.17, 15) is 13.2 Å². The minimum atomic E-state index is -3.62. The van der Waals surface area contributed by atoms with E-state index in [2.05, 4.69) is 9.97 Å². The van der Waals surface area contributed by atoms with Crippen LogP contribution in [0.25, 0.3) is 5.65 Å². The summed E-state index contributed by atoms with van der Waals surface area (Å²) in [6, 6.07) is 11.0. The third-order valence-corrected chi connectivity index (χ3v) is 4.47. The quantitative estimate of drug-likeness (QED) is 0.722. The lowest BCUT2D eigenvalue weighted by Gasteiger charge is -2.05. The van der Waals surface area contributed by atoms with E-state index in [0.717, 1.165) is 0 Å². The number of rotatable bonds is 3. The summed E-state index contributed by atoms with van der Waals surface area (Å²) in [7, 11) is -3.62. The topological polar surface area (TPSA) is 81.4 Å². The number of hydrogen-bond acceptors (Lipinski definition) is 5. The molecule has 0 saturated carbocycles. The maximum Gasteiger partial charge on any atom is 0.258 e. The normalized spacial score (nSPS) is 11.6. The summed E-state index contributed by atoms with van der Waals surface area (Å²) in [5.74, 6) is -0.357. The van der Waals surface area contributed by atoms with Crippen molar-refractivity contribution in [3.63, 3.8) is 0 Å². The summed E-state index contributed by atoms with van der Waals surface area (Å²) in [6.45, 7) is 0. The number of nitrogens with zero attached hydrogens (tertiary/aromatic N) is 3. The van der Waals surface area contributed by atoms with Gasteiger partial charge in [-0.2, -0.15) is 0 Å². The molecule has 0 unspecified atom stereocenters. The van der Waals surface area contributed by atoms with E-state index in [1.54, 1.807) is 36.5 Å². The predicted molar refractivity (Wildman–Crippen MR) is 76.6 cm³/mol. The van der Waals surface area contributed by atoms with Gasteiger partial charge in [0.25, 0.3) is 5.56 Å². The highest BCUT2D eigenvalue weighted by molar-refractivity contribution is 7.90. The fourth-order valence-electron chi connectivity index (χ4n) is 1.98. The average molecular weight is 301 g/mol. The maximum absolute atomic E-state index is 12.2. The molecular formula is C14H11N3O3S. The Bertz CT molecular complexity index is 950. The van der Waals surface area contributed by atoms with Crippen molar-refractivity contribution in [1.29, 1.82) is 0 Å². The Morgan fingerprint density at radius 3 is 2.67 bits per heavy atom. The number of hydrogen-bond donors (Lipinski definition) is 0. The second kappa shape index (κ2) is 5.10. The van der Waals surface area contributed by atoms with E-state index in [0.29, 0.717) is 5.65 Å². The van der Waals surface area contributed by atoms with Crippen molar-refractivity contribution in [3.05, 3.63) is 70.9 Å². The molecule has 3 aromatic heterocycles. The van der Waals surface area contributed by atoms with Crippen molar-refractivity contribution in [3.8, 4) is 0 Å². The Labute approximate surface area is 120 Å². The fraction of sp³-hybridized carbons (Fsp3) is 0.0714. The Morgan fingerprint density at radius 1 is 1.10 bits per heavy atom. The largest absolute Gasteiger partial charge is 0.269 e. The highest BCUT2D eigenvalue weighted by Crippen LogP contribution is 2.12. The molecule has 21 heavy (non-hydrogen) atoms. The monoisotopic (exact) mass is 301 g/mol. The van der Waals surface area contributed by atoms with Crippen LogP contribution in [0.2, 0.25) is 0 Å². The molecule has 106 valence electrons. The zero-order chi connectivity index (χ0) is 14.9. The van der Waals surface area contributed by atoms with Gasteiger partial charge in [0, 0.05) is 18.5 Å². The lowest BCUT2D eigenvalue weighted by atomic mass is 10.4. The zero-order valence-electron chi connectivity index (χ0n) is 10.9. The SMILES string of the molecule is O=c1cc(CS(=O)(=O)c2ccccn2)nc2ccccn12. The first-order chi connectivity index (χ1) is 10.1. The molecule has 0 atom stereocenters. The van der Waals surface area contributed by atoms with Gasteiger partial charge in [0.15, 0.2) is 5.03 Å². The Morgan fingerprint density at radius 2 is 1.90 bits per heavy atom. The number of fused-ring (bicyclic) bond motifs is 1. The molecule has 3 aromatic rings. The maximum atomic E-state index is 12.2. The molecule has 0 aliphatic carbocycles. The van der Waals surface area contributed by atoms with E-state index in [1.165, 1.54) is 22.7 Å². The number of aromatic nitrogens is 3. The molecule has 0 fully saturated rings.